The van der Waals surface area contributed by atoms with Crippen LogP contribution in [0, 0.1) is 0 Å². The van der Waals surface area contributed by atoms with Crippen LogP contribution in [-0.4, -0.2) is 34.4 Å². The van der Waals surface area contributed by atoms with Crippen molar-refractivity contribution in [2.75, 3.05) is 11.9 Å². The molecule has 0 aromatic heterocycles. The fourth-order valence-corrected chi connectivity index (χ4v) is 1.98. The van der Waals surface area contributed by atoms with Gasteiger partial charge in [-0.2, -0.15) is 0 Å². The van der Waals surface area contributed by atoms with Gasteiger partial charge in [-0.15, -0.1) is 0 Å². The van der Waals surface area contributed by atoms with Crippen LogP contribution in [-0.2, 0) is 16.0 Å². The number of nitrogens with two attached hydrogens (primary N) is 1. The van der Waals surface area contributed by atoms with E-state index in [4.69, 9.17) is 10.8 Å². The molecule has 5 nitrogen and oxygen atoms in total. The Morgan fingerprint density at radius 3 is 2.25 bits per heavy atom. The lowest BCUT2D eigenvalue weighted by Crippen LogP contribution is -2.39. The van der Waals surface area contributed by atoms with Crippen molar-refractivity contribution >= 4 is 33.5 Å². The number of anilines is 1. The Hall–Kier alpha value is -1.40. The first-order valence-electron chi connectivity index (χ1n) is 6.17. The largest absolute Gasteiger partial charge is 0.480 e. The van der Waals surface area contributed by atoms with E-state index in [0.717, 1.165) is 11.3 Å². The smallest absolute Gasteiger partial charge is 0.320 e. The molecule has 0 spiro atoms. The van der Waals surface area contributed by atoms with Gasteiger partial charge >= 0.3 is 5.97 Å². The molecular weight excluding hydrogens is 324 g/mol. The molecule has 0 radical (unpaired) electrons. The number of rotatable bonds is 5. The summed E-state index contributed by atoms with van der Waals surface area (Å²) < 4.78 is -0.633. The monoisotopic (exact) mass is 342 g/mol. The molecule has 1 rings (SSSR count). The number of hydrogen-bond donors (Lipinski definition) is 2. The number of carboxylic acid groups (broad SMARTS) is 1. The molecule has 1 aromatic carbocycles. The number of carbonyl (C=O) groups is 2. The van der Waals surface area contributed by atoms with Crippen LogP contribution in [0.1, 0.15) is 19.4 Å². The highest BCUT2D eigenvalue weighted by atomic mass is 79.9. The van der Waals surface area contributed by atoms with E-state index in [2.05, 4.69) is 15.9 Å². The average Bonchev–Trinajstić information content (AvgIpc) is 2.36. The Balaban J connectivity index is 2.81. The van der Waals surface area contributed by atoms with Crippen LogP contribution in [0.15, 0.2) is 24.3 Å². The molecule has 0 fully saturated rings. The zero-order valence-corrected chi connectivity index (χ0v) is 13.3. The SMILES string of the molecule is CN(C(=O)C(C)(C)Br)c1ccc(CC(N)C(=O)O)cc1. The van der Waals surface area contributed by atoms with Crippen molar-refractivity contribution in [3.05, 3.63) is 29.8 Å². The van der Waals surface area contributed by atoms with Crippen molar-refractivity contribution in [1.82, 2.24) is 0 Å². The van der Waals surface area contributed by atoms with Gasteiger partial charge in [0.25, 0.3) is 0 Å². The fourth-order valence-electron chi connectivity index (χ4n) is 1.71. The summed E-state index contributed by atoms with van der Waals surface area (Å²) in [6.07, 6.45) is 0.261. The molecule has 0 aliphatic carbocycles. The van der Waals surface area contributed by atoms with Crippen LogP contribution in [0.3, 0.4) is 0 Å². The second-order valence-electron chi connectivity index (χ2n) is 5.15. The minimum absolute atomic E-state index is 0.0625. The predicted octanol–water partition coefficient (Wildman–Crippen LogP) is 1.78. The van der Waals surface area contributed by atoms with Gasteiger partial charge in [0.2, 0.25) is 5.91 Å². The van der Waals surface area contributed by atoms with Crippen molar-refractivity contribution in [3.8, 4) is 0 Å². The molecule has 20 heavy (non-hydrogen) atoms. The number of amides is 1. The summed E-state index contributed by atoms with van der Waals surface area (Å²) in [5.41, 5.74) is 7.05. The molecule has 3 N–H and O–H groups in total. The summed E-state index contributed by atoms with van der Waals surface area (Å²) >= 11 is 3.33. The predicted molar refractivity (Wildman–Crippen MR) is 82.2 cm³/mol. The summed E-state index contributed by atoms with van der Waals surface area (Å²) in [5.74, 6) is -1.09. The highest BCUT2D eigenvalue weighted by Crippen LogP contribution is 2.23. The number of aliphatic carboxylic acids is 1. The van der Waals surface area contributed by atoms with E-state index < -0.39 is 16.3 Å². The molecule has 110 valence electrons. The molecule has 0 saturated heterocycles. The van der Waals surface area contributed by atoms with Gasteiger partial charge in [0.05, 0.1) is 4.32 Å². The van der Waals surface area contributed by atoms with Gasteiger partial charge in [-0.3, -0.25) is 9.59 Å². The van der Waals surface area contributed by atoms with Crippen molar-refractivity contribution in [2.45, 2.75) is 30.6 Å². The van der Waals surface area contributed by atoms with E-state index in [1.807, 2.05) is 0 Å². The molecule has 6 heteroatoms. The van der Waals surface area contributed by atoms with Gasteiger partial charge < -0.3 is 15.7 Å². The maximum atomic E-state index is 12.1. The molecule has 1 atom stereocenters. The molecule has 1 aromatic rings. The summed E-state index contributed by atoms with van der Waals surface area (Å²) in [4.78, 5) is 24.3. The van der Waals surface area contributed by atoms with Crippen LogP contribution >= 0.6 is 15.9 Å². The summed E-state index contributed by atoms with van der Waals surface area (Å²) in [7, 11) is 1.70. The molecule has 0 aliphatic rings. The van der Waals surface area contributed by atoms with E-state index in [1.165, 1.54) is 0 Å². The topological polar surface area (TPSA) is 83.6 Å². The lowest BCUT2D eigenvalue weighted by atomic mass is 10.1. The zero-order valence-electron chi connectivity index (χ0n) is 11.8. The van der Waals surface area contributed by atoms with Gasteiger partial charge in [0.1, 0.15) is 6.04 Å². The van der Waals surface area contributed by atoms with Crippen molar-refractivity contribution in [3.63, 3.8) is 0 Å². The Morgan fingerprint density at radius 2 is 1.85 bits per heavy atom. The fraction of sp³-hybridized carbons (Fsp3) is 0.429. The molecule has 0 bridgehead atoms. The maximum absolute atomic E-state index is 12.1. The first kappa shape index (κ1) is 16.7. The first-order chi connectivity index (χ1) is 9.12. The van der Waals surface area contributed by atoms with E-state index in [9.17, 15) is 9.59 Å². The number of alkyl halides is 1. The minimum Gasteiger partial charge on any atom is -0.480 e. The average molecular weight is 343 g/mol. The van der Waals surface area contributed by atoms with E-state index in [-0.39, 0.29) is 12.3 Å². The zero-order chi connectivity index (χ0) is 15.5. The number of carboxylic acids is 1. The van der Waals surface area contributed by atoms with Crippen LogP contribution in [0.4, 0.5) is 5.69 Å². The molecular formula is C14H19BrN2O3. The lowest BCUT2D eigenvalue weighted by molar-refractivity contribution is -0.138. The normalized spacial score (nSPS) is 12.8. The third kappa shape index (κ3) is 4.31. The van der Waals surface area contributed by atoms with E-state index in [0.29, 0.717) is 0 Å². The van der Waals surface area contributed by atoms with Crippen LogP contribution in [0.2, 0.25) is 0 Å². The Morgan fingerprint density at radius 1 is 1.35 bits per heavy atom. The highest BCUT2D eigenvalue weighted by Gasteiger charge is 2.27. The molecule has 0 aliphatic heterocycles. The molecule has 1 unspecified atom stereocenters. The third-order valence-corrected chi connectivity index (χ3v) is 3.25. The summed E-state index contributed by atoms with van der Waals surface area (Å²) in [6, 6.07) is 6.20. The lowest BCUT2D eigenvalue weighted by Gasteiger charge is -2.24. The molecule has 0 heterocycles. The Kier molecular flexibility index (Phi) is 5.30. The second-order valence-corrected chi connectivity index (χ2v) is 7.13. The molecule has 1 amide bonds. The summed E-state index contributed by atoms with van der Waals surface area (Å²) in [6.45, 7) is 3.57. The number of hydrogen-bond acceptors (Lipinski definition) is 3. The van der Waals surface area contributed by atoms with E-state index >= 15 is 0 Å². The van der Waals surface area contributed by atoms with Gasteiger partial charge in [0.15, 0.2) is 0 Å². The Labute approximate surface area is 126 Å². The second kappa shape index (κ2) is 6.37. The number of benzene rings is 1. The number of halogens is 1. The maximum Gasteiger partial charge on any atom is 0.320 e. The van der Waals surface area contributed by atoms with Crippen LogP contribution in [0.25, 0.3) is 0 Å². The van der Waals surface area contributed by atoms with Crippen molar-refractivity contribution in [1.29, 1.82) is 0 Å². The standard InChI is InChI=1S/C14H19BrN2O3/c1-14(2,15)13(20)17(3)10-6-4-9(5-7-10)8-11(16)12(18)19/h4-7,11H,8,16H2,1-3H3,(H,18,19). The van der Waals surface area contributed by atoms with E-state index in [1.54, 1.807) is 50.1 Å². The number of carbonyl (C=O) groups excluding carboxylic acids is 1. The van der Waals surface area contributed by atoms with Crippen LogP contribution in [0.5, 0.6) is 0 Å². The third-order valence-electron chi connectivity index (χ3n) is 2.91. The Bertz CT molecular complexity index is 494. The number of nitrogens with zero attached hydrogens (tertiary/aromatic N) is 1. The van der Waals surface area contributed by atoms with Crippen molar-refractivity contribution in [2.24, 2.45) is 5.73 Å². The van der Waals surface area contributed by atoms with Crippen LogP contribution < -0.4 is 10.6 Å². The van der Waals surface area contributed by atoms with Gasteiger partial charge in [0, 0.05) is 12.7 Å². The first-order valence-corrected chi connectivity index (χ1v) is 6.96. The van der Waals surface area contributed by atoms with Gasteiger partial charge in [-0.1, -0.05) is 28.1 Å². The summed E-state index contributed by atoms with van der Waals surface area (Å²) in [5, 5.41) is 8.77. The molecule has 0 saturated carbocycles. The van der Waals surface area contributed by atoms with Gasteiger partial charge in [-0.25, -0.2) is 0 Å². The van der Waals surface area contributed by atoms with Gasteiger partial charge in [-0.05, 0) is 38.0 Å². The highest BCUT2D eigenvalue weighted by molar-refractivity contribution is 9.10. The quantitative estimate of drug-likeness (QED) is 0.799. The minimum atomic E-state index is -1.03. The van der Waals surface area contributed by atoms with Crippen molar-refractivity contribution < 1.29 is 14.7 Å².